The Morgan fingerprint density at radius 3 is 1.62 bits per heavy atom. The van der Waals surface area contributed by atoms with Crippen molar-refractivity contribution in [1.82, 2.24) is 0 Å². The van der Waals surface area contributed by atoms with E-state index in [1.807, 2.05) is 0 Å². The fraction of sp³-hybridized carbons (Fsp3) is 0.590. The summed E-state index contributed by atoms with van der Waals surface area (Å²) < 4.78 is 0. The third-order valence-corrected chi connectivity index (χ3v) is 13.7. The largest absolute Gasteiger partial charge is 0.129 e. The van der Waals surface area contributed by atoms with Crippen LogP contribution in [0, 0.1) is 47.0 Å². The van der Waals surface area contributed by atoms with Gasteiger partial charge in [0.1, 0.15) is 8.07 Å². The van der Waals surface area contributed by atoms with Crippen LogP contribution in [0.25, 0.3) is 21.5 Å². The van der Waals surface area contributed by atoms with Crippen LogP contribution in [0.15, 0.2) is 42.5 Å². The summed E-state index contributed by atoms with van der Waals surface area (Å²) in [6.07, 6.45) is 17.7. The van der Waals surface area contributed by atoms with Gasteiger partial charge in [-0.3, -0.25) is 0 Å². The molecular weight excluding hydrogens is 497 g/mol. The highest BCUT2D eigenvalue weighted by Gasteiger charge is 2.55. The van der Waals surface area contributed by atoms with E-state index in [1.165, 1.54) is 98.8 Å². The molecule has 8 fully saturated rings. The molecule has 0 aromatic heterocycles. The van der Waals surface area contributed by atoms with Gasteiger partial charge in [-0.15, -0.1) is 5.54 Å². The van der Waals surface area contributed by atoms with Crippen LogP contribution in [-0.2, 0) is 10.8 Å². The lowest BCUT2D eigenvalue weighted by Crippen LogP contribution is -2.50. The maximum absolute atomic E-state index is 3.83. The summed E-state index contributed by atoms with van der Waals surface area (Å²) in [5.41, 5.74) is 9.42. The van der Waals surface area contributed by atoms with Gasteiger partial charge in [0.25, 0.3) is 0 Å². The van der Waals surface area contributed by atoms with E-state index in [1.54, 1.807) is 16.5 Å². The fourth-order valence-electron chi connectivity index (χ4n) is 12.3. The van der Waals surface area contributed by atoms with Crippen molar-refractivity contribution >= 4 is 29.6 Å². The fourth-order valence-corrected chi connectivity index (χ4v) is 12.9. The minimum atomic E-state index is -1.50. The number of fused-ring (bicyclic) bond motifs is 3. The van der Waals surface area contributed by atoms with Crippen molar-refractivity contribution in [3.05, 3.63) is 59.2 Å². The molecule has 8 aliphatic rings. The monoisotopic (exact) mass is 542 g/mol. The van der Waals surface area contributed by atoms with Crippen LogP contribution in [0.4, 0.5) is 0 Å². The van der Waals surface area contributed by atoms with Crippen LogP contribution >= 0.6 is 0 Å². The Kier molecular flexibility index (Phi) is 5.08. The summed E-state index contributed by atoms with van der Waals surface area (Å²) >= 11 is 0. The molecule has 0 N–H and O–H groups in total. The molecule has 8 aliphatic carbocycles. The lowest BCUT2D eigenvalue weighted by atomic mass is 9.46. The second kappa shape index (κ2) is 8.28. The minimum absolute atomic E-state index is 0.388. The van der Waals surface area contributed by atoms with Crippen LogP contribution < -0.4 is 0 Å². The van der Waals surface area contributed by atoms with Crippen LogP contribution in [0.5, 0.6) is 0 Å². The molecule has 0 saturated heterocycles. The Hall–Kier alpha value is -2.04. The predicted octanol–water partition coefficient (Wildman–Crippen LogP) is 10.2. The Bertz CT molecular complexity index is 1530. The van der Waals surface area contributed by atoms with Crippen molar-refractivity contribution in [1.29, 1.82) is 0 Å². The van der Waals surface area contributed by atoms with Gasteiger partial charge in [-0.25, -0.2) is 0 Å². The van der Waals surface area contributed by atoms with Gasteiger partial charge in [-0.2, -0.15) is 0 Å². The second-order valence-corrected chi connectivity index (χ2v) is 21.7. The normalized spacial score (nSPS) is 39.2. The Morgan fingerprint density at radius 1 is 0.600 bits per heavy atom. The van der Waals surface area contributed by atoms with E-state index in [9.17, 15) is 0 Å². The molecule has 0 aliphatic heterocycles. The maximum Gasteiger partial charge on any atom is 0.129 e. The van der Waals surface area contributed by atoms with Crippen molar-refractivity contribution in [2.75, 3.05) is 0 Å². The first-order valence-electron chi connectivity index (χ1n) is 16.8. The first-order valence-corrected chi connectivity index (χ1v) is 20.3. The average Bonchev–Trinajstić information content (AvgIpc) is 2.89. The summed E-state index contributed by atoms with van der Waals surface area (Å²) in [6.45, 7) is 7.18. The van der Waals surface area contributed by atoms with Crippen LogP contribution in [0.1, 0.15) is 93.7 Å². The molecule has 0 nitrogen and oxygen atoms in total. The van der Waals surface area contributed by atoms with E-state index >= 15 is 0 Å². The average molecular weight is 543 g/mol. The van der Waals surface area contributed by atoms with E-state index in [2.05, 4.69) is 73.6 Å². The van der Waals surface area contributed by atoms with E-state index in [0.717, 1.165) is 35.5 Å². The van der Waals surface area contributed by atoms with Gasteiger partial charge in [0, 0.05) is 10.9 Å². The molecule has 0 amide bonds. The molecule has 8 bridgehead atoms. The Morgan fingerprint density at radius 2 is 1.10 bits per heavy atom. The van der Waals surface area contributed by atoms with Crippen molar-refractivity contribution in [2.24, 2.45) is 35.5 Å². The van der Waals surface area contributed by atoms with Crippen molar-refractivity contribution in [3.8, 4) is 11.5 Å². The zero-order valence-electron chi connectivity index (χ0n) is 25.0. The molecule has 0 heterocycles. The molecule has 3 aromatic rings. The second-order valence-electron chi connectivity index (χ2n) is 17.0. The van der Waals surface area contributed by atoms with E-state index in [4.69, 9.17) is 0 Å². The molecule has 11 rings (SSSR count). The van der Waals surface area contributed by atoms with Gasteiger partial charge in [0.15, 0.2) is 0 Å². The third kappa shape index (κ3) is 3.63. The van der Waals surface area contributed by atoms with Gasteiger partial charge >= 0.3 is 0 Å². The van der Waals surface area contributed by atoms with Gasteiger partial charge in [0.05, 0.1) is 0 Å². The summed E-state index contributed by atoms with van der Waals surface area (Å²) in [7, 11) is -1.50. The topological polar surface area (TPSA) is 0 Å². The molecule has 206 valence electrons. The first-order chi connectivity index (χ1) is 19.3. The third-order valence-electron chi connectivity index (χ3n) is 12.8. The number of hydrogen-bond acceptors (Lipinski definition) is 0. The quantitative estimate of drug-likeness (QED) is 0.172. The molecule has 1 heteroatoms. The SMILES string of the molecule is C[Si](C)(C)C#Cc1ccc(C23CC4CC(CC(C4)C2)C3)c2c(C34CC5CC(CC(C5)C3)C4)cc3ccccc3c12. The maximum atomic E-state index is 3.83. The van der Waals surface area contributed by atoms with Gasteiger partial charge in [-0.1, -0.05) is 55.9 Å². The lowest BCUT2D eigenvalue weighted by molar-refractivity contribution is -0.00675. The van der Waals surface area contributed by atoms with Crippen LogP contribution in [0.2, 0.25) is 19.6 Å². The highest BCUT2D eigenvalue weighted by atomic mass is 28.3. The van der Waals surface area contributed by atoms with Crippen LogP contribution in [0.3, 0.4) is 0 Å². The standard InChI is InChI=1S/C39H46Si/c1-40(2,3)11-10-31-8-9-34(38-19-25-12-26(20-38)14-27(13-25)21-38)37-35(18-32-6-4-5-7-33(32)36(31)37)39-22-28-15-29(23-39)17-30(16-28)24-39/h4-9,18,25-30H,12-17,19-24H2,1-3H3. The molecule has 0 spiro atoms. The molecule has 0 unspecified atom stereocenters. The first kappa shape index (κ1) is 24.5. The van der Waals surface area contributed by atoms with E-state index < -0.39 is 8.07 Å². The highest BCUT2D eigenvalue weighted by Crippen LogP contribution is 2.65. The Balaban J connectivity index is 1.38. The summed E-state index contributed by atoms with van der Waals surface area (Å²) in [4.78, 5) is 0. The van der Waals surface area contributed by atoms with Crippen molar-refractivity contribution < 1.29 is 0 Å². The van der Waals surface area contributed by atoms with Crippen LogP contribution in [-0.4, -0.2) is 8.07 Å². The summed E-state index contributed by atoms with van der Waals surface area (Å²) in [6, 6.07) is 17.2. The van der Waals surface area contributed by atoms with Gasteiger partial charge in [-0.05, 0) is 163 Å². The van der Waals surface area contributed by atoms with Crippen molar-refractivity contribution in [3.63, 3.8) is 0 Å². The molecule has 3 aromatic carbocycles. The van der Waals surface area contributed by atoms with Gasteiger partial charge < -0.3 is 0 Å². The Labute approximate surface area is 242 Å². The number of benzene rings is 3. The van der Waals surface area contributed by atoms with Gasteiger partial charge in [0.2, 0.25) is 0 Å². The molecule has 40 heavy (non-hydrogen) atoms. The zero-order chi connectivity index (χ0) is 26.9. The smallest absolute Gasteiger partial charge is 0.127 e. The molecular formula is C39H46Si. The molecule has 0 atom stereocenters. The lowest BCUT2D eigenvalue weighted by Gasteiger charge is -2.59. The summed E-state index contributed by atoms with van der Waals surface area (Å²) in [5.74, 6) is 9.63. The molecule has 8 saturated carbocycles. The number of rotatable bonds is 2. The number of hydrogen-bond donors (Lipinski definition) is 0. The zero-order valence-corrected chi connectivity index (χ0v) is 26.0. The predicted molar refractivity (Wildman–Crippen MR) is 171 cm³/mol. The summed E-state index contributed by atoms with van der Waals surface area (Å²) in [5, 5.41) is 6.14. The minimum Gasteiger partial charge on any atom is -0.127 e. The van der Waals surface area contributed by atoms with Crippen molar-refractivity contribution in [2.45, 2.75) is 108 Å². The van der Waals surface area contributed by atoms with E-state index in [0.29, 0.717) is 10.8 Å². The van der Waals surface area contributed by atoms with E-state index in [-0.39, 0.29) is 0 Å². The molecule has 0 radical (unpaired) electrons. The highest BCUT2D eigenvalue weighted by molar-refractivity contribution is 6.83.